The summed E-state index contributed by atoms with van der Waals surface area (Å²) >= 11 is 0. The summed E-state index contributed by atoms with van der Waals surface area (Å²) in [5.74, 6) is 2.34. The lowest BCUT2D eigenvalue weighted by Gasteiger charge is -2.19. The smallest absolute Gasteiger partial charge is 0.481 e. The number of fused-ring (bicyclic) bond motifs is 4. The molecule has 434 valence electrons. The summed E-state index contributed by atoms with van der Waals surface area (Å²) in [6.45, 7) is -0.983. The van der Waals surface area contributed by atoms with Crippen LogP contribution in [0.25, 0.3) is 22.2 Å². The molecule has 4 aromatic rings. The van der Waals surface area contributed by atoms with Crippen LogP contribution in [0, 0.1) is 11.8 Å². The van der Waals surface area contributed by atoms with Crippen LogP contribution in [0.1, 0.15) is 93.0 Å². The normalized spacial score (nSPS) is 18.1. The highest BCUT2D eigenvalue weighted by Gasteiger charge is 2.43. The van der Waals surface area contributed by atoms with E-state index in [1.807, 2.05) is 48.5 Å². The van der Waals surface area contributed by atoms with Gasteiger partial charge in [-0.1, -0.05) is 94.8 Å². The van der Waals surface area contributed by atoms with Crippen LogP contribution in [0.5, 0.6) is 0 Å². The van der Waals surface area contributed by atoms with Gasteiger partial charge in [-0.25, -0.2) is 33.3 Å². The lowest BCUT2D eigenvalue weighted by Crippen LogP contribution is -2.43. The number of carboxylic acid groups (broad SMARTS) is 2. The first-order valence-corrected chi connectivity index (χ1v) is 31.5. The van der Waals surface area contributed by atoms with E-state index >= 15 is 0 Å². The van der Waals surface area contributed by atoms with Crippen LogP contribution in [-0.2, 0) is 60.3 Å². The number of rotatable bonds is 31. The van der Waals surface area contributed by atoms with Gasteiger partial charge in [-0.2, -0.15) is 8.62 Å². The van der Waals surface area contributed by atoms with Crippen LogP contribution < -0.4 is 21.7 Å². The number of nitrogen functional groups attached to an aromatic ring is 1. The number of unbranched alkanes of at least 4 members (excludes halogenated alkanes) is 3. The predicted octanol–water partition coefficient (Wildman–Crippen LogP) is 4.50. The van der Waals surface area contributed by atoms with Crippen molar-refractivity contribution in [3.63, 3.8) is 0 Å². The molecular formula is C47H58N7O21P3S2. The number of carboxylic acids is 2. The molecule has 2 aromatic heterocycles. The second-order valence-corrected chi connectivity index (χ2v) is 25.0. The fourth-order valence-electron chi connectivity index (χ4n) is 8.51. The summed E-state index contributed by atoms with van der Waals surface area (Å²) in [6, 6.07) is 13.4. The summed E-state index contributed by atoms with van der Waals surface area (Å²) in [6.07, 6.45) is -0.570. The molecule has 1 fully saturated rings. The number of hydrogen-bond acceptors (Lipinski definition) is 20. The van der Waals surface area contributed by atoms with Crippen molar-refractivity contribution in [2.24, 2.45) is 0 Å². The number of alkyl carbamates (subject to hydrolysis) is 1. The van der Waals surface area contributed by atoms with Gasteiger partial charge in [-0.3, -0.25) is 23.7 Å². The molecule has 2 aliphatic rings. The highest BCUT2D eigenvalue weighted by atomic mass is 33.1. The van der Waals surface area contributed by atoms with Crippen molar-refractivity contribution in [2.45, 2.75) is 101 Å². The van der Waals surface area contributed by atoms with Crippen LogP contribution in [0.15, 0.2) is 61.1 Å². The Morgan fingerprint density at radius 1 is 0.812 bits per heavy atom. The molecule has 1 aliphatic carbocycles. The summed E-state index contributed by atoms with van der Waals surface area (Å²) in [4.78, 5) is 119. The number of benzene rings is 2. The summed E-state index contributed by atoms with van der Waals surface area (Å²) < 4.78 is 59.9. The van der Waals surface area contributed by atoms with Crippen molar-refractivity contribution in [3.05, 3.63) is 77.7 Å². The van der Waals surface area contributed by atoms with Crippen LogP contribution in [0.3, 0.4) is 0 Å². The molecule has 3 heterocycles. The molecule has 6 rings (SSSR count). The first-order chi connectivity index (χ1) is 37.9. The molecule has 3 amide bonds. The number of Topliss-reactive ketones (excluding diaryl/α,β-unsaturated/α-hetero) is 1. The van der Waals surface area contributed by atoms with Crippen LogP contribution >= 0.6 is 45.1 Å². The Hall–Kier alpha value is -5.73. The molecule has 0 saturated carbocycles. The number of aliphatic hydroxyl groups is 1. The fourth-order valence-corrected chi connectivity index (χ4v) is 13.7. The zero-order valence-corrected chi connectivity index (χ0v) is 46.6. The fraction of sp³-hybridized carbons (Fsp3) is 0.447. The molecule has 7 atom stereocenters. The number of carbonyl (C=O) groups is 6. The van der Waals surface area contributed by atoms with E-state index < -0.39 is 91.0 Å². The standard InChI is InChI=1S/C47H58N7O21P3S2/c48-44-43-28(23-54(45(43)51-27-50-44)41-22-37(56)38(73-41)25-72-77(67,68)75-78(69,70)74-76(64,65)66)10-9-20-49-39(57)19-21-79-80-26-35(36(55)15-3-1-2-4-16-40(58)52-34(46(61)62)17-18-42(59)60)53-47(63)71-24-33-31-13-7-5-11-29(31)30-12-6-8-14-32(30)33/h5-8,11-14,23,27,33-35,37-38,41,56H,1-4,15-22,24-26H2,(H,49,57)(H,52,58)(H,53,63)(H,59,60)(H,61,62)(H,67,68)(H,69,70)(H2,48,50,51)(H2,64,65,66)/t34?,35?,37-,38-,41-/m1/s1. The van der Waals surface area contributed by atoms with Crippen molar-refractivity contribution in [1.82, 2.24) is 30.5 Å². The number of anilines is 1. The maximum absolute atomic E-state index is 13.6. The second kappa shape index (κ2) is 29.3. The third kappa shape index (κ3) is 19.2. The average Bonchev–Trinajstić information content (AvgIpc) is 4.27. The molecule has 0 spiro atoms. The SMILES string of the molecule is Nc1ncnc2c1c(C#CCNC(=O)CCSSCC(NC(=O)OCC1c3ccccc3-c3ccccc31)C(=O)CCCCCCC(=O)NC(CCC(=O)O)C(=O)O)cn2[C@H]1C[C@@H](O)[C@@H](COP(=O)(O)OP(=O)(O)OP(=O)(O)O)O1. The van der Waals surface area contributed by atoms with Gasteiger partial charge in [0.15, 0.2) is 5.78 Å². The maximum Gasteiger partial charge on any atom is 0.490 e. The Labute approximate surface area is 464 Å². The monoisotopic (exact) mass is 1210 g/mol. The highest BCUT2D eigenvalue weighted by Crippen LogP contribution is 2.66. The van der Waals surface area contributed by atoms with Crippen molar-refractivity contribution in [1.29, 1.82) is 0 Å². The first kappa shape index (κ1) is 63.5. The van der Waals surface area contributed by atoms with E-state index in [9.17, 15) is 62.5 Å². The molecule has 4 unspecified atom stereocenters. The Bertz CT molecular complexity index is 3070. The zero-order chi connectivity index (χ0) is 58.2. The summed E-state index contributed by atoms with van der Waals surface area (Å²) in [5, 5.41) is 36.9. The number of phosphoric acid groups is 3. The third-order valence-corrected chi connectivity index (χ3v) is 18.4. The van der Waals surface area contributed by atoms with E-state index in [4.69, 9.17) is 30.1 Å². The number of nitrogens with zero attached hydrogens (tertiary/aromatic N) is 3. The van der Waals surface area contributed by atoms with Gasteiger partial charge in [-0.05, 0) is 41.5 Å². The average molecular weight is 1210 g/mol. The maximum atomic E-state index is 13.6. The molecule has 12 N–H and O–H groups in total. The van der Waals surface area contributed by atoms with Crippen molar-refractivity contribution >= 4 is 97.5 Å². The van der Waals surface area contributed by atoms with Gasteiger partial charge >= 0.3 is 41.5 Å². The van der Waals surface area contributed by atoms with Crippen molar-refractivity contribution in [2.75, 3.05) is 37.0 Å². The summed E-state index contributed by atoms with van der Waals surface area (Å²) in [5.41, 5.74) is 10.8. The predicted molar refractivity (Wildman–Crippen MR) is 287 cm³/mol. The van der Waals surface area contributed by atoms with Crippen molar-refractivity contribution in [3.8, 4) is 23.0 Å². The van der Waals surface area contributed by atoms with Gasteiger partial charge in [0.2, 0.25) is 11.8 Å². The number of ether oxygens (including phenoxy) is 2. The van der Waals surface area contributed by atoms with E-state index in [1.165, 1.54) is 32.4 Å². The van der Waals surface area contributed by atoms with Crippen LogP contribution in [0.4, 0.5) is 10.6 Å². The number of carbonyl (C=O) groups excluding carboxylic acids is 4. The number of nitrogens with two attached hydrogens (primary N) is 1. The van der Waals surface area contributed by atoms with Gasteiger partial charge in [-0.15, -0.1) is 0 Å². The van der Waals surface area contributed by atoms with E-state index in [1.54, 1.807) is 0 Å². The number of aromatic nitrogens is 3. The Morgan fingerprint density at radius 2 is 1.49 bits per heavy atom. The Balaban J connectivity index is 0.973. The summed E-state index contributed by atoms with van der Waals surface area (Å²) in [7, 11) is -14.3. The molecule has 28 nitrogen and oxygen atoms in total. The number of aliphatic carboxylic acids is 2. The van der Waals surface area contributed by atoms with Gasteiger partial charge in [0.1, 0.15) is 48.8 Å². The van der Waals surface area contributed by atoms with Gasteiger partial charge in [0.25, 0.3) is 0 Å². The molecule has 2 aromatic carbocycles. The highest BCUT2D eigenvalue weighted by molar-refractivity contribution is 8.76. The molecule has 80 heavy (non-hydrogen) atoms. The minimum atomic E-state index is -5.78. The molecular weight excluding hydrogens is 1160 g/mol. The lowest BCUT2D eigenvalue weighted by atomic mass is 9.98. The largest absolute Gasteiger partial charge is 0.490 e. The molecule has 0 radical (unpaired) electrons. The molecule has 1 aliphatic heterocycles. The third-order valence-electron chi connectivity index (χ3n) is 12.2. The molecule has 33 heteroatoms. The minimum Gasteiger partial charge on any atom is -0.481 e. The van der Waals surface area contributed by atoms with Crippen LogP contribution in [-0.4, -0.2) is 141 Å². The Kier molecular flexibility index (Phi) is 23.2. The van der Waals surface area contributed by atoms with E-state index in [0.717, 1.165) is 28.6 Å². The first-order valence-electron chi connectivity index (χ1n) is 24.5. The lowest BCUT2D eigenvalue weighted by molar-refractivity contribution is -0.143. The zero-order valence-electron chi connectivity index (χ0n) is 42.3. The van der Waals surface area contributed by atoms with Crippen LogP contribution in [0.2, 0.25) is 0 Å². The molecule has 0 bridgehead atoms. The van der Waals surface area contributed by atoms with Crippen molar-refractivity contribution < 1.29 is 100.0 Å². The topological polar surface area (TPSA) is 434 Å². The number of amides is 3. The van der Waals surface area contributed by atoms with Gasteiger partial charge in [0, 0.05) is 55.7 Å². The van der Waals surface area contributed by atoms with E-state index in [2.05, 4.69) is 50.9 Å². The number of hydrogen-bond donors (Lipinski definition) is 11. The number of nitrogens with one attached hydrogen (secondary N) is 3. The van der Waals surface area contributed by atoms with E-state index in [0.29, 0.717) is 42.4 Å². The second-order valence-electron chi connectivity index (χ2n) is 18.0. The van der Waals surface area contributed by atoms with Gasteiger partial charge < -0.3 is 70.6 Å². The molecule has 1 saturated heterocycles. The number of phosphoric ester groups is 1. The Morgan fingerprint density at radius 3 is 2.15 bits per heavy atom. The number of ketones is 1. The number of aliphatic hydroxyl groups excluding tert-OH is 1. The van der Waals surface area contributed by atoms with E-state index in [-0.39, 0.29) is 80.1 Å². The van der Waals surface area contributed by atoms with Gasteiger partial charge in [0.05, 0.1) is 30.2 Å². The minimum absolute atomic E-state index is 0.00977. The quantitative estimate of drug-likeness (QED) is 0.0143.